The average Bonchev–Trinajstić information content (AvgIpc) is 3.36. The number of alkyl halides is 3. The molecule has 3 unspecified atom stereocenters. The molecule has 12 heteroatoms. The van der Waals surface area contributed by atoms with Gasteiger partial charge < -0.3 is 9.64 Å². The Hall–Kier alpha value is -2.41. The van der Waals surface area contributed by atoms with Crippen LogP contribution in [0.5, 0.6) is 0 Å². The van der Waals surface area contributed by atoms with E-state index >= 15 is 0 Å². The Morgan fingerprint density at radius 3 is 2.58 bits per heavy atom. The van der Waals surface area contributed by atoms with Crippen LogP contribution in [0.2, 0.25) is 0 Å². The number of hydrogen-bond donors (Lipinski definition) is 2. The molecule has 2 aromatic heterocycles. The van der Waals surface area contributed by atoms with Gasteiger partial charge in [0.05, 0.1) is 42.7 Å². The third-order valence-corrected chi connectivity index (χ3v) is 8.16. The van der Waals surface area contributed by atoms with Gasteiger partial charge in [0.2, 0.25) is 0 Å². The number of carbonyl (C=O) groups is 1. The van der Waals surface area contributed by atoms with E-state index in [1.165, 1.54) is 36.0 Å². The molecule has 36 heavy (non-hydrogen) atoms. The molecular formula is C24H33F3N6O3. The number of hydrazine groups is 1. The van der Waals surface area contributed by atoms with E-state index in [0.717, 1.165) is 42.8 Å². The predicted octanol–water partition coefficient (Wildman–Crippen LogP) is 2.28. The van der Waals surface area contributed by atoms with Crippen molar-refractivity contribution < 1.29 is 22.7 Å². The summed E-state index contributed by atoms with van der Waals surface area (Å²) in [7, 11) is 4.98. The summed E-state index contributed by atoms with van der Waals surface area (Å²) in [5.41, 5.74) is 4.51. The Balaban J connectivity index is 1.48. The molecule has 198 valence electrons. The molecule has 5 rings (SSSR count). The van der Waals surface area contributed by atoms with E-state index in [-0.39, 0.29) is 28.7 Å². The molecule has 0 bridgehead atoms. The fourth-order valence-corrected chi connectivity index (χ4v) is 6.03. The third-order valence-electron chi connectivity index (χ3n) is 8.16. The number of nitrogens with zero attached hydrogens (tertiary/aromatic N) is 4. The van der Waals surface area contributed by atoms with Crippen molar-refractivity contribution in [3.05, 3.63) is 40.1 Å². The first-order chi connectivity index (χ1) is 17.0. The number of pyridine rings is 1. The molecule has 2 N–H and O–H groups in total. The molecule has 0 aromatic carbocycles. The largest absolute Gasteiger partial charge is 0.418 e. The second kappa shape index (κ2) is 9.16. The summed E-state index contributed by atoms with van der Waals surface area (Å²) in [4.78, 5) is 29.3. The van der Waals surface area contributed by atoms with Crippen LogP contribution in [-0.4, -0.2) is 71.9 Å². The number of aromatic nitrogens is 2. The number of amides is 1. The normalized spacial score (nSPS) is 26.8. The number of rotatable bonds is 5. The SMILES string of the molecule is CN(C)C(=O)c1cc(C(F)(F)F)c2cn(C3CCCC(C4(CC5NNCN5C)COC4)C3)c(=O)n2c1. The smallest absolute Gasteiger partial charge is 0.380 e. The van der Waals surface area contributed by atoms with Gasteiger partial charge in [-0.3, -0.25) is 18.7 Å². The molecule has 2 aliphatic heterocycles. The van der Waals surface area contributed by atoms with Crippen LogP contribution in [0.4, 0.5) is 13.2 Å². The van der Waals surface area contributed by atoms with Gasteiger partial charge in [-0.1, -0.05) is 6.42 Å². The van der Waals surface area contributed by atoms with Crippen LogP contribution in [0.15, 0.2) is 23.3 Å². The maximum atomic E-state index is 14.0. The highest BCUT2D eigenvalue weighted by Gasteiger charge is 2.49. The molecule has 2 aromatic rings. The van der Waals surface area contributed by atoms with Crippen molar-refractivity contribution >= 4 is 11.4 Å². The van der Waals surface area contributed by atoms with Gasteiger partial charge in [0.25, 0.3) is 5.91 Å². The first-order valence-corrected chi connectivity index (χ1v) is 12.3. The van der Waals surface area contributed by atoms with Gasteiger partial charge in [-0.15, -0.1) is 0 Å². The highest BCUT2D eigenvalue weighted by atomic mass is 19.4. The third kappa shape index (κ3) is 4.33. The molecular weight excluding hydrogens is 477 g/mol. The summed E-state index contributed by atoms with van der Waals surface area (Å²) in [6.07, 6.45) is 2.23. The fourth-order valence-electron chi connectivity index (χ4n) is 6.03. The highest BCUT2D eigenvalue weighted by Crippen LogP contribution is 2.49. The second-order valence-electron chi connectivity index (χ2n) is 10.7. The molecule has 3 atom stereocenters. The Morgan fingerprint density at radius 1 is 1.25 bits per heavy atom. The topological polar surface area (TPSA) is 83.2 Å². The molecule has 3 fully saturated rings. The van der Waals surface area contributed by atoms with Crippen LogP contribution in [0.1, 0.15) is 54.1 Å². The maximum absolute atomic E-state index is 14.0. The molecule has 2 saturated heterocycles. The Morgan fingerprint density at radius 2 is 2.00 bits per heavy atom. The highest BCUT2D eigenvalue weighted by molar-refractivity contribution is 5.94. The lowest BCUT2D eigenvalue weighted by Crippen LogP contribution is -2.54. The van der Waals surface area contributed by atoms with Gasteiger partial charge in [-0.25, -0.2) is 15.6 Å². The van der Waals surface area contributed by atoms with Crippen LogP contribution in [-0.2, 0) is 10.9 Å². The first-order valence-electron chi connectivity index (χ1n) is 12.3. The van der Waals surface area contributed by atoms with Gasteiger partial charge >= 0.3 is 11.9 Å². The summed E-state index contributed by atoms with van der Waals surface area (Å²) < 4.78 is 50.0. The van der Waals surface area contributed by atoms with Crippen LogP contribution >= 0.6 is 0 Å². The number of imidazole rings is 1. The number of carbonyl (C=O) groups excluding carboxylic acids is 1. The number of nitrogens with one attached hydrogen (secondary N) is 2. The lowest BCUT2D eigenvalue weighted by atomic mass is 9.64. The summed E-state index contributed by atoms with van der Waals surface area (Å²) in [5, 5.41) is 0. The second-order valence-corrected chi connectivity index (χ2v) is 10.7. The van der Waals surface area contributed by atoms with Crippen LogP contribution in [0.3, 0.4) is 0 Å². The van der Waals surface area contributed by atoms with Crippen molar-refractivity contribution in [3.8, 4) is 0 Å². The first kappa shape index (κ1) is 25.2. The van der Waals surface area contributed by atoms with E-state index in [9.17, 15) is 22.8 Å². The van der Waals surface area contributed by atoms with Gasteiger partial charge in [-0.05, 0) is 44.7 Å². The minimum absolute atomic E-state index is 0.0260. The summed E-state index contributed by atoms with van der Waals surface area (Å²) >= 11 is 0. The van der Waals surface area contributed by atoms with Crippen molar-refractivity contribution in [2.45, 2.75) is 50.5 Å². The zero-order valence-corrected chi connectivity index (χ0v) is 20.8. The number of hydrogen-bond acceptors (Lipinski definition) is 6. The van der Waals surface area contributed by atoms with Crippen molar-refractivity contribution in [1.82, 2.24) is 29.6 Å². The fraction of sp³-hybridized carbons (Fsp3) is 0.667. The Bertz CT molecular complexity index is 1200. The van der Waals surface area contributed by atoms with E-state index in [4.69, 9.17) is 4.74 Å². The Labute approximate surface area is 207 Å². The summed E-state index contributed by atoms with van der Waals surface area (Å²) in [6, 6.07) is 0.625. The zero-order valence-electron chi connectivity index (χ0n) is 20.8. The van der Waals surface area contributed by atoms with Crippen molar-refractivity contribution in [2.75, 3.05) is 41.0 Å². The minimum Gasteiger partial charge on any atom is -0.380 e. The Kier molecular flexibility index (Phi) is 6.42. The van der Waals surface area contributed by atoms with E-state index in [1.54, 1.807) is 0 Å². The van der Waals surface area contributed by atoms with Gasteiger partial charge in [0.1, 0.15) is 0 Å². The van der Waals surface area contributed by atoms with Crippen LogP contribution in [0.25, 0.3) is 5.52 Å². The average molecular weight is 511 g/mol. The zero-order chi connectivity index (χ0) is 25.8. The molecule has 4 heterocycles. The molecule has 3 aliphatic rings. The standard InChI is InChI=1S/C24H33F3N6O3/c1-30(2)21(34)15-7-18(24(25,26)27)19-11-32(22(35)33(19)10-15)17-6-4-5-16(8-17)23(12-36-13-23)9-20-29-28-14-31(20)3/h7,10-11,16-17,20,28-29H,4-6,8-9,12-14H2,1-3H3. The van der Waals surface area contributed by atoms with Gasteiger partial charge in [0.15, 0.2) is 0 Å². The van der Waals surface area contributed by atoms with Crippen molar-refractivity contribution in [3.63, 3.8) is 0 Å². The molecule has 0 radical (unpaired) electrons. The lowest BCUT2D eigenvalue weighted by molar-refractivity contribution is -0.167. The molecule has 9 nitrogen and oxygen atoms in total. The molecule has 1 amide bonds. The number of ether oxygens (including phenoxy) is 1. The van der Waals surface area contributed by atoms with E-state index in [1.807, 2.05) is 0 Å². The summed E-state index contributed by atoms with van der Waals surface area (Å²) in [5.74, 6) is -0.296. The molecule has 1 saturated carbocycles. The molecule has 0 spiro atoms. The van der Waals surface area contributed by atoms with Crippen LogP contribution in [0, 0.1) is 11.3 Å². The van der Waals surface area contributed by atoms with Crippen molar-refractivity contribution in [1.29, 1.82) is 0 Å². The predicted molar refractivity (Wildman–Crippen MR) is 126 cm³/mol. The summed E-state index contributed by atoms with van der Waals surface area (Å²) in [6.45, 7) is 2.05. The van der Waals surface area contributed by atoms with Gasteiger partial charge in [0, 0.05) is 37.9 Å². The van der Waals surface area contributed by atoms with Gasteiger partial charge in [-0.2, -0.15) is 13.2 Å². The minimum atomic E-state index is -4.71. The lowest BCUT2D eigenvalue weighted by Gasteiger charge is -2.51. The van der Waals surface area contributed by atoms with E-state index < -0.39 is 23.3 Å². The number of fused-ring (bicyclic) bond motifs is 1. The van der Waals surface area contributed by atoms with E-state index in [2.05, 4.69) is 22.8 Å². The molecule has 1 aliphatic carbocycles. The maximum Gasteiger partial charge on any atom is 0.418 e. The van der Waals surface area contributed by atoms with Crippen molar-refractivity contribution in [2.24, 2.45) is 11.3 Å². The van der Waals surface area contributed by atoms with Crippen LogP contribution < -0.4 is 16.5 Å². The monoisotopic (exact) mass is 510 g/mol. The number of halogens is 3. The quantitative estimate of drug-likeness (QED) is 0.643. The van der Waals surface area contributed by atoms with E-state index in [0.29, 0.717) is 25.6 Å².